The van der Waals surface area contributed by atoms with E-state index in [9.17, 15) is 19.7 Å². The zero-order valence-electron chi connectivity index (χ0n) is 12.1. The maximum Gasteiger partial charge on any atom is 0.269 e. The molecule has 0 aliphatic heterocycles. The molecule has 114 valence electrons. The van der Waals surface area contributed by atoms with Crippen molar-refractivity contribution in [3.63, 3.8) is 0 Å². The first-order valence-corrected chi connectivity index (χ1v) is 7.11. The molecule has 0 bridgehead atoms. The van der Waals surface area contributed by atoms with Crippen molar-refractivity contribution >= 4 is 29.3 Å². The van der Waals surface area contributed by atoms with E-state index in [1.165, 1.54) is 33.7 Å². The zero-order chi connectivity index (χ0) is 16.0. The molecule has 7 nitrogen and oxygen atoms in total. The van der Waals surface area contributed by atoms with E-state index in [1.54, 1.807) is 33.3 Å². The lowest BCUT2D eigenvalue weighted by Gasteiger charge is -2.19. The number of nitro groups is 1. The third-order valence-electron chi connectivity index (χ3n) is 2.71. The lowest BCUT2D eigenvalue weighted by Crippen LogP contribution is -2.38. The molecule has 0 fully saturated rings. The van der Waals surface area contributed by atoms with Crippen molar-refractivity contribution < 1.29 is 14.5 Å². The number of benzene rings is 1. The van der Waals surface area contributed by atoms with Gasteiger partial charge in [-0.3, -0.25) is 19.7 Å². The molecule has 0 N–H and O–H groups in total. The molecule has 21 heavy (non-hydrogen) atoms. The van der Waals surface area contributed by atoms with Gasteiger partial charge in [-0.2, -0.15) is 0 Å². The molecule has 0 saturated heterocycles. The van der Waals surface area contributed by atoms with Crippen LogP contribution in [0, 0.1) is 10.1 Å². The average molecular weight is 311 g/mol. The van der Waals surface area contributed by atoms with Crippen LogP contribution in [0.2, 0.25) is 0 Å². The number of carbonyl (C=O) groups excluding carboxylic acids is 2. The summed E-state index contributed by atoms with van der Waals surface area (Å²) in [6.07, 6.45) is 0. The van der Waals surface area contributed by atoms with E-state index >= 15 is 0 Å². The molecule has 8 heteroatoms. The first-order valence-electron chi connectivity index (χ1n) is 6.12. The van der Waals surface area contributed by atoms with Crippen molar-refractivity contribution in [2.45, 2.75) is 4.90 Å². The molecule has 0 heterocycles. The Morgan fingerprint density at radius 2 is 1.71 bits per heavy atom. The smallest absolute Gasteiger partial charge is 0.269 e. The molecular weight excluding hydrogens is 294 g/mol. The van der Waals surface area contributed by atoms with Gasteiger partial charge in [0.15, 0.2) is 0 Å². The van der Waals surface area contributed by atoms with Gasteiger partial charge in [0, 0.05) is 38.2 Å². The molecule has 0 aliphatic carbocycles. The van der Waals surface area contributed by atoms with Crippen LogP contribution in [-0.4, -0.2) is 60.0 Å². The zero-order valence-corrected chi connectivity index (χ0v) is 12.9. The Labute approximate surface area is 127 Å². The fraction of sp³-hybridized carbons (Fsp3) is 0.385. The topological polar surface area (TPSA) is 83.8 Å². The van der Waals surface area contributed by atoms with E-state index in [0.29, 0.717) is 0 Å². The lowest BCUT2D eigenvalue weighted by molar-refractivity contribution is -0.384. The van der Waals surface area contributed by atoms with Crippen molar-refractivity contribution in [1.82, 2.24) is 9.80 Å². The summed E-state index contributed by atoms with van der Waals surface area (Å²) in [6.45, 7) is 0.0344. The summed E-state index contributed by atoms with van der Waals surface area (Å²) >= 11 is 1.27. The van der Waals surface area contributed by atoms with E-state index in [0.717, 1.165) is 4.90 Å². The molecule has 1 rings (SSSR count). The van der Waals surface area contributed by atoms with E-state index in [1.807, 2.05) is 0 Å². The van der Waals surface area contributed by atoms with Crippen molar-refractivity contribution in [3.05, 3.63) is 34.4 Å². The third kappa shape index (κ3) is 5.42. The van der Waals surface area contributed by atoms with Crippen LogP contribution in [0.25, 0.3) is 0 Å². The molecule has 1 aromatic carbocycles. The molecule has 1 aromatic rings. The van der Waals surface area contributed by atoms with Gasteiger partial charge in [-0.15, -0.1) is 11.8 Å². The van der Waals surface area contributed by atoms with E-state index < -0.39 is 4.92 Å². The number of non-ortho nitro benzene ring substituents is 1. The van der Waals surface area contributed by atoms with Crippen LogP contribution in [0.1, 0.15) is 0 Å². The van der Waals surface area contributed by atoms with Gasteiger partial charge < -0.3 is 9.80 Å². The number of rotatable bonds is 6. The number of nitrogens with zero attached hydrogens (tertiary/aromatic N) is 3. The summed E-state index contributed by atoms with van der Waals surface area (Å²) in [5.41, 5.74) is 0.0133. The number of carbonyl (C=O) groups is 2. The summed E-state index contributed by atoms with van der Waals surface area (Å²) in [4.78, 5) is 37.0. The number of likely N-dealkylation sites (N-methyl/N-ethyl adjacent to an activating group) is 2. The standard InChI is InChI=1S/C13H17N3O4S/c1-14(2)12(17)8-15(3)13(18)9-21-11-6-4-10(5-7-11)16(19)20/h4-7H,8-9H2,1-3H3. The van der Waals surface area contributed by atoms with Crippen LogP contribution in [0.15, 0.2) is 29.2 Å². The minimum absolute atomic E-state index is 0.0133. The molecule has 0 aliphatic rings. The molecule has 0 unspecified atom stereocenters. The van der Waals surface area contributed by atoms with Crippen LogP contribution in [0.3, 0.4) is 0 Å². The van der Waals surface area contributed by atoms with Gasteiger partial charge in [0.05, 0.1) is 17.2 Å². The lowest BCUT2D eigenvalue weighted by atomic mass is 10.3. The largest absolute Gasteiger partial charge is 0.347 e. The Bertz CT molecular complexity index is 531. The fourth-order valence-electron chi connectivity index (χ4n) is 1.35. The molecule has 2 amide bonds. The monoisotopic (exact) mass is 311 g/mol. The first kappa shape index (κ1) is 17.0. The van der Waals surface area contributed by atoms with Crippen molar-refractivity contribution in [1.29, 1.82) is 0 Å². The highest BCUT2D eigenvalue weighted by Gasteiger charge is 2.14. The maximum atomic E-state index is 11.9. The third-order valence-corrected chi connectivity index (χ3v) is 3.70. The predicted molar refractivity (Wildman–Crippen MR) is 80.2 cm³/mol. The summed E-state index contributed by atoms with van der Waals surface area (Å²) in [5, 5.41) is 10.5. The highest BCUT2D eigenvalue weighted by Crippen LogP contribution is 2.21. The Kier molecular flexibility index (Phi) is 6.16. The van der Waals surface area contributed by atoms with Crippen molar-refractivity contribution in [2.24, 2.45) is 0 Å². The highest BCUT2D eigenvalue weighted by atomic mass is 32.2. The maximum absolute atomic E-state index is 11.9. The Morgan fingerprint density at radius 1 is 1.14 bits per heavy atom. The molecule has 0 radical (unpaired) electrons. The molecule has 0 spiro atoms. The summed E-state index contributed by atoms with van der Waals surface area (Å²) in [7, 11) is 4.83. The summed E-state index contributed by atoms with van der Waals surface area (Å²) in [5.74, 6) is -0.144. The number of hydrogen-bond donors (Lipinski definition) is 0. The Morgan fingerprint density at radius 3 is 2.19 bits per heavy atom. The normalized spacial score (nSPS) is 10.0. The van der Waals surface area contributed by atoms with Crippen LogP contribution < -0.4 is 0 Å². The Balaban J connectivity index is 2.48. The van der Waals surface area contributed by atoms with Crippen LogP contribution in [-0.2, 0) is 9.59 Å². The van der Waals surface area contributed by atoms with Gasteiger partial charge >= 0.3 is 0 Å². The first-order chi connectivity index (χ1) is 9.81. The van der Waals surface area contributed by atoms with Gasteiger partial charge in [0.1, 0.15) is 0 Å². The number of thioether (sulfide) groups is 1. The number of hydrogen-bond acceptors (Lipinski definition) is 5. The minimum atomic E-state index is -0.472. The second-order valence-electron chi connectivity index (χ2n) is 4.58. The van der Waals surface area contributed by atoms with Crippen LogP contribution in [0.4, 0.5) is 5.69 Å². The average Bonchev–Trinajstić information content (AvgIpc) is 2.44. The second kappa shape index (κ2) is 7.63. The number of amides is 2. The SMILES string of the molecule is CN(C)C(=O)CN(C)C(=O)CSc1ccc([N+](=O)[O-])cc1. The molecule has 0 atom stereocenters. The van der Waals surface area contributed by atoms with Gasteiger partial charge in [0.25, 0.3) is 5.69 Å². The predicted octanol–water partition coefficient (Wildman–Crippen LogP) is 1.23. The summed E-state index contributed by atoms with van der Waals surface area (Å²) in [6, 6.07) is 5.99. The molecule has 0 aromatic heterocycles. The molecular formula is C13H17N3O4S. The van der Waals surface area contributed by atoms with Gasteiger partial charge in [-0.25, -0.2) is 0 Å². The Hall–Kier alpha value is -2.09. The second-order valence-corrected chi connectivity index (χ2v) is 5.63. The quantitative estimate of drug-likeness (QED) is 0.448. The molecule has 0 saturated carbocycles. The number of nitro benzene ring substituents is 1. The van der Waals surface area contributed by atoms with Gasteiger partial charge in [0.2, 0.25) is 11.8 Å². The van der Waals surface area contributed by atoms with E-state index in [4.69, 9.17) is 0 Å². The van der Waals surface area contributed by atoms with Crippen LogP contribution in [0.5, 0.6) is 0 Å². The summed E-state index contributed by atoms with van der Waals surface area (Å²) < 4.78 is 0. The van der Waals surface area contributed by atoms with E-state index in [-0.39, 0.29) is 29.8 Å². The van der Waals surface area contributed by atoms with Gasteiger partial charge in [-0.1, -0.05) is 0 Å². The minimum Gasteiger partial charge on any atom is -0.347 e. The van der Waals surface area contributed by atoms with Crippen molar-refractivity contribution in [3.8, 4) is 0 Å². The van der Waals surface area contributed by atoms with Crippen LogP contribution >= 0.6 is 11.8 Å². The van der Waals surface area contributed by atoms with Gasteiger partial charge in [-0.05, 0) is 12.1 Å². The van der Waals surface area contributed by atoms with E-state index in [2.05, 4.69) is 0 Å². The fourth-order valence-corrected chi connectivity index (χ4v) is 2.19. The highest BCUT2D eigenvalue weighted by molar-refractivity contribution is 8.00. The van der Waals surface area contributed by atoms with Crippen molar-refractivity contribution in [2.75, 3.05) is 33.4 Å².